The van der Waals surface area contributed by atoms with Crippen LogP contribution in [0.5, 0.6) is 0 Å². The van der Waals surface area contributed by atoms with E-state index >= 15 is 0 Å². The van der Waals surface area contributed by atoms with Gasteiger partial charge in [-0.3, -0.25) is 9.48 Å². The largest absolute Gasteiger partial charge is 0.396 e. The van der Waals surface area contributed by atoms with E-state index in [9.17, 15) is 4.79 Å². The van der Waals surface area contributed by atoms with Gasteiger partial charge < -0.3 is 10.4 Å². The number of hydrogen-bond donors (Lipinski definition) is 2. The highest BCUT2D eigenvalue weighted by atomic mass is 35.5. The van der Waals surface area contributed by atoms with Gasteiger partial charge in [0.25, 0.3) is 0 Å². The van der Waals surface area contributed by atoms with E-state index < -0.39 is 0 Å². The average Bonchev–Trinajstić information content (AvgIpc) is 2.59. The van der Waals surface area contributed by atoms with E-state index in [1.54, 1.807) is 17.8 Å². The van der Waals surface area contributed by atoms with E-state index in [2.05, 4.69) is 10.4 Å². The number of aryl methyl sites for hydroxylation is 2. The van der Waals surface area contributed by atoms with Gasteiger partial charge in [-0.1, -0.05) is 32.4 Å². The standard InChI is InChI=1S/C15H24ClN3O2/c1-10-11(14(16)19(5)18-10)6-7-13(21)17-12(8-9-20)15(2,3)4/h6-7,12,20H,8-9H2,1-5H3,(H,17,21)/b7-6+. The van der Waals surface area contributed by atoms with Crippen molar-refractivity contribution in [2.75, 3.05) is 6.61 Å². The zero-order valence-electron chi connectivity index (χ0n) is 13.3. The van der Waals surface area contributed by atoms with E-state index in [0.29, 0.717) is 11.6 Å². The van der Waals surface area contributed by atoms with Gasteiger partial charge in [-0.05, 0) is 24.8 Å². The van der Waals surface area contributed by atoms with Crippen LogP contribution in [0.1, 0.15) is 38.4 Å². The number of aliphatic hydroxyl groups excluding tert-OH is 1. The zero-order valence-corrected chi connectivity index (χ0v) is 14.0. The van der Waals surface area contributed by atoms with Crippen LogP contribution < -0.4 is 5.32 Å². The monoisotopic (exact) mass is 313 g/mol. The molecule has 1 atom stereocenters. The molecule has 0 aliphatic heterocycles. The molecule has 1 amide bonds. The molecule has 118 valence electrons. The number of rotatable bonds is 5. The van der Waals surface area contributed by atoms with Crippen LogP contribution >= 0.6 is 11.6 Å². The molecular weight excluding hydrogens is 290 g/mol. The lowest BCUT2D eigenvalue weighted by atomic mass is 9.85. The molecule has 0 aliphatic rings. The van der Waals surface area contributed by atoms with Gasteiger partial charge in [0.2, 0.25) is 5.91 Å². The first-order valence-corrected chi connectivity index (χ1v) is 7.33. The molecular formula is C15H24ClN3O2. The van der Waals surface area contributed by atoms with Crippen molar-refractivity contribution < 1.29 is 9.90 Å². The minimum Gasteiger partial charge on any atom is -0.396 e. The summed E-state index contributed by atoms with van der Waals surface area (Å²) in [6, 6.07) is -0.0925. The molecule has 21 heavy (non-hydrogen) atoms. The Morgan fingerprint density at radius 3 is 2.57 bits per heavy atom. The summed E-state index contributed by atoms with van der Waals surface area (Å²) in [6.45, 7) is 7.96. The van der Waals surface area contributed by atoms with Gasteiger partial charge in [0, 0.05) is 31.3 Å². The van der Waals surface area contributed by atoms with Crippen LogP contribution in [0.15, 0.2) is 6.08 Å². The van der Waals surface area contributed by atoms with Crippen LogP contribution in [0, 0.1) is 12.3 Å². The topological polar surface area (TPSA) is 67.2 Å². The summed E-state index contributed by atoms with van der Waals surface area (Å²) >= 11 is 6.11. The van der Waals surface area contributed by atoms with Crippen LogP contribution in [-0.4, -0.2) is 33.4 Å². The van der Waals surface area contributed by atoms with Gasteiger partial charge in [-0.2, -0.15) is 5.10 Å². The van der Waals surface area contributed by atoms with Gasteiger partial charge in [0.05, 0.1) is 5.69 Å². The summed E-state index contributed by atoms with van der Waals surface area (Å²) in [5.41, 5.74) is 1.40. The summed E-state index contributed by atoms with van der Waals surface area (Å²) in [4.78, 5) is 12.0. The molecule has 0 aliphatic carbocycles. The maximum absolute atomic E-state index is 12.0. The molecule has 0 aromatic carbocycles. The fraction of sp³-hybridized carbons (Fsp3) is 0.600. The third-order valence-electron chi connectivity index (χ3n) is 3.38. The summed E-state index contributed by atoms with van der Waals surface area (Å²) < 4.78 is 1.57. The van der Waals surface area contributed by atoms with Crippen molar-refractivity contribution in [1.29, 1.82) is 0 Å². The fourth-order valence-corrected chi connectivity index (χ4v) is 2.30. The zero-order chi connectivity index (χ0) is 16.2. The lowest BCUT2D eigenvalue weighted by molar-refractivity contribution is -0.118. The highest BCUT2D eigenvalue weighted by Crippen LogP contribution is 2.22. The maximum Gasteiger partial charge on any atom is 0.244 e. The first kappa shape index (κ1) is 17.7. The lowest BCUT2D eigenvalue weighted by Gasteiger charge is -2.30. The number of carbonyl (C=O) groups is 1. The molecule has 6 heteroatoms. The van der Waals surface area contributed by atoms with Crippen molar-refractivity contribution in [2.24, 2.45) is 12.5 Å². The minimum atomic E-state index is -0.206. The molecule has 5 nitrogen and oxygen atoms in total. The van der Waals surface area contributed by atoms with E-state index in [1.165, 1.54) is 6.08 Å². The summed E-state index contributed by atoms with van der Waals surface area (Å²) in [6.07, 6.45) is 3.64. The van der Waals surface area contributed by atoms with E-state index in [1.807, 2.05) is 27.7 Å². The molecule has 0 fully saturated rings. The van der Waals surface area contributed by atoms with Crippen LogP contribution in [0.4, 0.5) is 0 Å². The van der Waals surface area contributed by atoms with Crippen molar-refractivity contribution in [3.63, 3.8) is 0 Å². The Morgan fingerprint density at radius 1 is 1.52 bits per heavy atom. The first-order valence-electron chi connectivity index (χ1n) is 6.95. The molecule has 0 bridgehead atoms. The Bertz CT molecular complexity index is 530. The quantitative estimate of drug-likeness (QED) is 0.820. The molecule has 0 saturated carbocycles. The molecule has 0 radical (unpaired) electrons. The number of hydrogen-bond acceptors (Lipinski definition) is 3. The maximum atomic E-state index is 12.0. The number of nitrogens with zero attached hydrogens (tertiary/aromatic N) is 2. The number of aromatic nitrogens is 2. The Morgan fingerprint density at radius 2 is 2.14 bits per heavy atom. The SMILES string of the molecule is Cc1nn(C)c(Cl)c1/C=C/C(=O)NC(CCO)C(C)(C)C. The molecule has 0 spiro atoms. The second kappa shape index (κ2) is 7.09. The third kappa shape index (κ3) is 4.86. The van der Waals surface area contributed by atoms with Gasteiger partial charge >= 0.3 is 0 Å². The van der Waals surface area contributed by atoms with E-state index in [0.717, 1.165) is 11.3 Å². The van der Waals surface area contributed by atoms with Gasteiger partial charge in [-0.25, -0.2) is 0 Å². The number of carbonyl (C=O) groups excluding carboxylic acids is 1. The highest BCUT2D eigenvalue weighted by Gasteiger charge is 2.25. The predicted molar refractivity (Wildman–Crippen MR) is 85.1 cm³/mol. The Kier molecular flexibility index (Phi) is 5.98. The van der Waals surface area contributed by atoms with Gasteiger partial charge in [-0.15, -0.1) is 0 Å². The van der Waals surface area contributed by atoms with Crippen LogP contribution in [0.25, 0.3) is 6.08 Å². The van der Waals surface area contributed by atoms with Crippen LogP contribution in [0.3, 0.4) is 0 Å². The Hall–Kier alpha value is -1.33. The third-order valence-corrected chi connectivity index (χ3v) is 3.83. The van der Waals surface area contributed by atoms with E-state index in [-0.39, 0.29) is 24.0 Å². The summed E-state index contributed by atoms with van der Waals surface area (Å²) in [5, 5.41) is 16.7. The van der Waals surface area contributed by atoms with Crippen molar-refractivity contribution in [2.45, 2.75) is 40.2 Å². The number of nitrogens with one attached hydrogen (secondary N) is 1. The fourth-order valence-electron chi connectivity index (χ4n) is 2.07. The average molecular weight is 314 g/mol. The van der Waals surface area contributed by atoms with E-state index in [4.69, 9.17) is 16.7 Å². The highest BCUT2D eigenvalue weighted by molar-refractivity contribution is 6.31. The summed E-state index contributed by atoms with van der Waals surface area (Å²) in [5.74, 6) is -0.206. The van der Waals surface area contributed by atoms with Crippen LogP contribution in [0.2, 0.25) is 5.15 Å². The second-order valence-electron chi connectivity index (χ2n) is 6.19. The predicted octanol–water partition coefficient (Wildman–Crippen LogP) is 2.31. The Labute approximate surface area is 131 Å². The molecule has 1 rings (SSSR count). The molecule has 2 N–H and O–H groups in total. The Balaban J connectivity index is 2.78. The van der Waals surface area contributed by atoms with Crippen molar-refractivity contribution in [1.82, 2.24) is 15.1 Å². The van der Waals surface area contributed by atoms with Crippen molar-refractivity contribution >= 4 is 23.6 Å². The summed E-state index contributed by atoms with van der Waals surface area (Å²) in [7, 11) is 1.75. The molecule has 1 heterocycles. The van der Waals surface area contributed by atoms with Crippen molar-refractivity contribution in [3.8, 4) is 0 Å². The molecule has 1 aromatic heterocycles. The van der Waals surface area contributed by atoms with Crippen molar-refractivity contribution in [3.05, 3.63) is 22.5 Å². The molecule has 1 unspecified atom stereocenters. The number of halogens is 1. The van der Waals surface area contributed by atoms with Crippen LogP contribution in [-0.2, 0) is 11.8 Å². The normalized spacial score (nSPS) is 13.7. The smallest absolute Gasteiger partial charge is 0.244 e. The van der Waals surface area contributed by atoms with Gasteiger partial charge in [0.15, 0.2) is 0 Å². The molecule has 0 saturated heterocycles. The number of aliphatic hydroxyl groups is 1. The van der Waals surface area contributed by atoms with Gasteiger partial charge in [0.1, 0.15) is 5.15 Å². The second-order valence-corrected chi connectivity index (χ2v) is 6.54. The molecule has 1 aromatic rings. The first-order chi connectivity index (χ1) is 9.66. The lowest BCUT2D eigenvalue weighted by Crippen LogP contribution is -2.43. The minimum absolute atomic E-state index is 0.0411. The number of amides is 1.